The van der Waals surface area contributed by atoms with Gasteiger partial charge in [-0.15, -0.1) is 0 Å². The van der Waals surface area contributed by atoms with Crippen LogP contribution >= 0.6 is 0 Å². The lowest BCUT2D eigenvalue weighted by Crippen LogP contribution is -2.54. The molecule has 0 radical (unpaired) electrons. The second-order valence-electron chi connectivity index (χ2n) is 5.68. The smallest absolute Gasteiger partial charge is 0.244 e. The average Bonchev–Trinajstić information content (AvgIpc) is 2.54. The van der Waals surface area contributed by atoms with E-state index in [4.69, 9.17) is 0 Å². The number of carbonyl (C=O) groups excluding carboxylic acids is 1. The van der Waals surface area contributed by atoms with Crippen LogP contribution < -0.4 is 10.2 Å². The molecule has 1 amide bonds. The third kappa shape index (κ3) is 2.58. The molecule has 2 heterocycles. The van der Waals surface area contributed by atoms with Gasteiger partial charge in [-0.3, -0.25) is 9.69 Å². The van der Waals surface area contributed by atoms with Crippen LogP contribution in [0.3, 0.4) is 0 Å². The fraction of sp³-hybridized carbons (Fsp3) is 0.562. The number of aryl methyl sites for hydroxylation is 1. The minimum atomic E-state index is -0.0248. The van der Waals surface area contributed by atoms with E-state index in [1.54, 1.807) is 0 Å². The Morgan fingerprint density at radius 3 is 2.75 bits per heavy atom. The van der Waals surface area contributed by atoms with Gasteiger partial charge in [0.05, 0.1) is 6.04 Å². The zero-order chi connectivity index (χ0) is 13.9. The van der Waals surface area contributed by atoms with E-state index in [-0.39, 0.29) is 11.9 Å². The third-order valence-electron chi connectivity index (χ3n) is 4.43. The van der Waals surface area contributed by atoms with Crippen LogP contribution in [-0.2, 0) is 11.2 Å². The van der Waals surface area contributed by atoms with Crippen LogP contribution in [0.15, 0.2) is 24.3 Å². The summed E-state index contributed by atoms with van der Waals surface area (Å²) in [5, 5.41) is 3.34. The summed E-state index contributed by atoms with van der Waals surface area (Å²) < 4.78 is 0. The molecule has 1 aromatic rings. The van der Waals surface area contributed by atoms with Crippen LogP contribution in [0.25, 0.3) is 0 Å². The molecule has 2 aliphatic heterocycles. The first-order valence-corrected chi connectivity index (χ1v) is 7.61. The summed E-state index contributed by atoms with van der Waals surface area (Å²) in [7, 11) is 0. The van der Waals surface area contributed by atoms with Crippen molar-refractivity contribution in [2.45, 2.75) is 25.8 Å². The largest absolute Gasteiger partial charge is 0.314 e. The number of para-hydroxylation sites is 1. The highest BCUT2D eigenvalue weighted by Gasteiger charge is 2.29. The number of hydrogen-bond acceptors (Lipinski definition) is 3. The van der Waals surface area contributed by atoms with Crippen LogP contribution in [0.2, 0.25) is 0 Å². The van der Waals surface area contributed by atoms with Crippen molar-refractivity contribution in [2.75, 3.05) is 37.6 Å². The van der Waals surface area contributed by atoms with Gasteiger partial charge in [0.2, 0.25) is 5.91 Å². The molecule has 1 unspecified atom stereocenters. The van der Waals surface area contributed by atoms with Gasteiger partial charge in [-0.05, 0) is 31.4 Å². The normalized spacial score (nSPS) is 21.4. The van der Waals surface area contributed by atoms with Gasteiger partial charge < -0.3 is 10.2 Å². The SMILES string of the molecule is CC(C(=O)N1CCCc2ccccc21)N1CCNCC1. The predicted molar refractivity (Wildman–Crippen MR) is 81.0 cm³/mol. The Morgan fingerprint density at radius 2 is 1.95 bits per heavy atom. The molecule has 0 saturated carbocycles. The lowest BCUT2D eigenvalue weighted by atomic mass is 10.0. The Balaban J connectivity index is 1.77. The molecule has 20 heavy (non-hydrogen) atoms. The maximum atomic E-state index is 12.8. The fourth-order valence-corrected chi connectivity index (χ4v) is 3.21. The van der Waals surface area contributed by atoms with Crippen LogP contribution in [0.4, 0.5) is 5.69 Å². The molecule has 1 N–H and O–H groups in total. The van der Waals surface area contributed by atoms with Crippen LogP contribution in [0, 0.1) is 0 Å². The summed E-state index contributed by atoms with van der Waals surface area (Å²) in [5.74, 6) is 0.249. The minimum absolute atomic E-state index is 0.0248. The molecule has 0 spiro atoms. The monoisotopic (exact) mass is 273 g/mol. The maximum Gasteiger partial charge on any atom is 0.244 e. The van der Waals surface area contributed by atoms with E-state index >= 15 is 0 Å². The summed E-state index contributed by atoms with van der Waals surface area (Å²) in [4.78, 5) is 17.1. The maximum absolute atomic E-state index is 12.8. The molecule has 2 aliphatic rings. The van der Waals surface area contributed by atoms with Crippen molar-refractivity contribution in [3.05, 3.63) is 29.8 Å². The van der Waals surface area contributed by atoms with Gasteiger partial charge in [0, 0.05) is 38.4 Å². The van der Waals surface area contributed by atoms with Gasteiger partial charge in [-0.1, -0.05) is 18.2 Å². The Labute approximate surface area is 120 Å². The van der Waals surface area contributed by atoms with Crippen molar-refractivity contribution in [1.82, 2.24) is 10.2 Å². The van der Waals surface area contributed by atoms with E-state index < -0.39 is 0 Å². The lowest BCUT2D eigenvalue weighted by Gasteiger charge is -2.37. The molecular weight excluding hydrogens is 250 g/mol. The molecule has 108 valence electrons. The van der Waals surface area contributed by atoms with Crippen molar-refractivity contribution in [3.63, 3.8) is 0 Å². The summed E-state index contributed by atoms with van der Waals surface area (Å²) in [6.07, 6.45) is 2.15. The second-order valence-corrected chi connectivity index (χ2v) is 5.68. The number of hydrogen-bond donors (Lipinski definition) is 1. The molecule has 3 rings (SSSR count). The summed E-state index contributed by atoms with van der Waals surface area (Å²) in [6.45, 7) is 6.78. The molecule has 0 bridgehead atoms. The first kappa shape index (κ1) is 13.6. The van der Waals surface area contributed by atoms with E-state index in [0.717, 1.165) is 51.3 Å². The van der Waals surface area contributed by atoms with Gasteiger partial charge in [-0.25, -0.2) is 0 Å². The quantitative estimate of drug-likeness (QED) is 0.881. The van der Waals surface area contributed by atoms with Crippen LogP contribution in [0.1, 0.15) is 18.9 Å². The third-order valence-corrected chi connectivity index (χ3v) is 4.43. The molecule has 1 atom stereocenters. The highest BCUT2D eigenvalue weighted by Crippen LogP contribution is 2.27. The fourth-order valence-electron chi connectivity index (χ4n) is 3.21. The topological polar surface area (TPSA) is 35.6 Å². The second kappa shape index (κ2) is 5.94. The van der Waals surface area contributed by atoms with E-state index in [2.05, 4.69) is 28.4 Å². The molecule has 1 aromatic carbocycles. The standard InChI is InChI=1S/C16H23N3O/c1-13(18-11-8-17-9-12-18)16(20)19-10-4-6-14-5-2-3-7-15(14)19/h2-3,5,7,13,17H,4,6,8-12H2,1H3. The molecule has 0 aromatic heterocycles. The van der Waals surface area contributed by atoms with Crippen molar-refractivity contribution >= 4 is 11.6 Å². The molecule has 4 nitrogen and oxygen atoms in total. The van der Waals surface area contributed by atoms with Gasteiger partial charge in [-0.2, -0.15) is 0 Å². The zero-order valence-electron chi connectivity index (χ0n) is 12.1. The number of fused-ring (bicyclic) bond motifs is 1. The molecule has 4 heteroatoms. The van der Waals surface area contributed by atoms with E-state index in [1.807, 2.05) is 17.9 Å². The Kier molecular flexibility index (Phi) is 4.03. The van der Waals surface area contributed by atoms with E-state index in [9.17, 15) is 4.79 Å². The molecule has 0 aliphatic carbocycles. The number of nitrogens with zero attached hydrogens (tertiary/aromatic N) is 2. The van der Waals surface area contributed by atoms with Gasteiger partial charge >= 0.3 is 0 Å². The zero-order valence-corrected chi connectivity index (χ0v) is 12.1. The van der Waals surface area contributed by atoms with Crippen molar-refractivity contribution in [3.8, 4) is 0 Å². The summed E-state index contributed by atoms with van der Waals surface area (Å²) >= 11 is 0. The lowest BCUT2D eigenvalue weighted by molar-refractivity contribution is -0.123. The van der Waals surface area contributed by atoms with Gasteiger partial charge in [0.1, 0.15) is 0 Å². The first-order valence-electron chi connectivity index (χ1n) is 7.61. The Bertz CT molecular complexity index is 482. The Morgan fingerprint density at radius 1 is 1.20 bits per heavy atom. The van der Waals surface area contributed by atoms with Crippen LogP contribution in [-0.4, -0.2) is 49.6 Å². The van der Waals surface area contributed by atoms with Crippen molar-refractivity contribution in [1.29, 1.82) is 0 Å². The van der Waals surface area contributed by atoms with Crippen molar-refractivity contribution in [2.24, 2.45) is 0 Å². The number of amides is 1. The van der Waals surface area contributed by atoms with E-state index in [0.29, 0.717) is 0 Å². The number of rotatable bonds is 2. The number of nitrogens with one attached hydrogen (secondary N) is 1. The van der Waals surface area contributed by atoms with Gasteiger partial charge in [0.25, 0.3) is 0 Å². The Hall–Kier alpha value is -1.39. The number of anilines is 1. The summed E-state index contributed by atoms with van der Waals surface area (Å²) in [5.41, 5.74) is 2.42. The average molecular weight is 273 g/mol. The number of piperazine rings is 1. The minimum Gasteiger partial charge on any atom is -0.314 e. The predicted octanol–water partition coefficient (Wildman–Crippen LogP) is 1.26. The highest BCUT2D eigenvalue weighted by atomic mass is 16.2. The number of benzene rings is 1. The van der Waals surface area contributed by atoms with Crippen LogP contribution in [0.5, 0.6) is 0 Å². The summed E-state index contributed by atoms with van der Waals surface area (Å²) in [6, 6.07) is 8.29. The van der Waals surface area contributed by atoms with E-state index in [1.165, 1.54) is 5.56 Å². The molecule has 1 fully saturated rings. The molecule has 1 saturated heterocycles. The highest BCUT2D eigenvalue weighted by molar-refractivity contribution is 5.98. The van der Waals surface area contributed by atoms with Gasteiger partial charge in [0.15, 0.2) is 0 Å². The first-order chi connectivity index (χ1) is 9.77. The molecular formula is C16H23N3O. The van der Waals surface area contributed by atoms with Crippen molar-refractivity contribution < 1.29 is 4.79 Å². The number of carbonyl (C=O) groups is 1.